The molecule has 0 atom stereocenters. The summed E-state index contributed by atoms with van der Waals surface area (Å²) in [7, 11) is 0. The quantitative estimate of drug-likeness (QED) is 0.292. The van der Waals surface area contributed by atoms with Crippen molar-refractivity contribution in [2.75, 3.05) is 31.1 Å². The molecule has 2 saturated heterocycles. The number of nitrogens with zero attached hydrogens (tertiary/aromatic N) is 4. The third-order valence-electron chi connectivity index (χ3n) is 6.85. The van der Waals surface area contributed by atoms with Crippen LogP contribution >= 0.6 is 0 Å². The molecule has 4 rings (SSSR count). The van der Waals surface area contributed by atoms with E-state index in [0.29, 0.717) is 44.7 Å². The highest BCUT2D eigenvalue weighted by Crippen LogP contribution is 2.35. The molecule has 2 aliphatic rings. The molecule has 0 radical (unpaired) electrons. The molecular weight excluding hydrogens is 513 g/mol. The number of benzene rings is 2. The van der Waals surface area contributed by atoms with Crippen molar-refractivity contribution in [3.63, 3.8) is 0 Å². The SMILES string of the molecule is CC(C)(C)N(/C=C/CN1CCC2(CC1)CN(c1ccc(C(=O)O)cc1)C(=O)O2)/N=C/c1ccc(F)c(F)c1F. The number of carboxylic acid groups (broad SMARTS) is 1. The fourth-order valence-corrected chi connectivity index (χ4v) is 4.51. The molecule has 0 aromatic heterocycles. The lowest BCUT2D eigenvalue weighted by Crippen LogP contribution is -2.47. The Bertz CT molecular complexity index is 1280. The number of carbonyl (C=O) groups excluding carboxylic acids is 1. The summed E-state index contributed by atoms with van der Waals surface area (Å²) in [4.78, 5) is 27.4. The topological polar surface area (TPSA) is 85.7 Å². The van der Waals surface area contributed by atoms with Gasteiger partial charge in [0.1, 0.15) is 5.60 Å². The molecule has 1 N–H and O–H groups in total. The van der Waals surface area contributed by atoms with Crippen molar-refractivity contribution in [1.29, 1.82) is 0 Å². The van der Waals surface area contributed by atoms with Crippen molar-refractivity contribution in [2.24, 2.45) is 5.10 Å². The van der Waals surface area contributed by atoms with Gasteiger partial charge in [0.25, 0.3) is 0 Å². The Morgan fingerprint density at radius 2 is 1.77 bits per heavy atom. The Morgan fingerprint density at radius 1 is 1.10 bits per heavy atom. The molecule has 11 heteroatoms. The lowest BCUT2D eigenvalue weighted by atomic mass is 9.91. The highest BCUT2D eigenvalue weighted by atomic mass is 19.2. The lowest BCUT2D eigenvalue weighted by Gasteiger charge is -2.37. The molecular formula is C28H31F3N4O4. The number of aromatic carboxylic acids is 1. The summed E-state index contributed by atoms with van der Waals surface area (Å²) in [5.41, 5.74) is -0.471. The maximum atomic E-state index is 14.0. The van der Waals surface area contributed by atoms with Gasteiger partial charge in [-0.2, -0.15) is 5.10 Å². The summed E-state index contributed by atoms with van der Waals surface area (Å²) in [5.74, 6) is -5.11. The minimum Gasteiger partial charge on any atom is -0.478 e. The van der Waals surface area contributed by atoms with E-state index in [-0.39, 0.29) is 11.1 Å². The molecule has 0 aliphatic carbocycles. The molecule has 2 heterocycles. The minimum atomic E-state index is -1.54. The van der Waals surface area contributed by atoms with Crippen molar-refractivity contribution in [3.8, 4) is 0 Å². The number of likely N-dealkylation sites (tertiary alicyclic amines) is 1. The Morgan fingerprint density at radius 3 is 2.38 bits per heavy atom. The van der Waals surface area contributed by atoms with E-state index in [1.165, 1.54) is 17.0 Å². The molecule has 0 unspecified atom stereocenters. The number of carbonyl (C=O) groups is 2. The summed E-state index contributed by atoms with van der Waals surface area (Å²) in [5, 5.41) is 15.0. The van der Waals surface area contributed by atoms with Crippen molar-refractivity contribution in [3.05, 3.63) is 77.3 Å². The molecule has 2 aliphatic heterocycles. The van der Waals surface area contributed by atoms with Crippen molar-refractivity contribution >= 4 is 24.0 Å². The first-order valence-corrected chi connectivity index (χ1v) is 12.6. The van der Waals surface area contributed by atoms with Crippen molar-refractivity contribution in [1.82, 2.24) is 9.91 Å². The number of carboxylic acids is 1. The number of hydrogen-bond donors (Lipinski definition) is 1. The van der Waals surface area contributed by atoms with E-state index in [2.05, 4.69) is 10.0 Å². The van der Waals surface area contributed by atoms with Crippen LogP contribution in [0.4, 0.5) is 23.7 Å². The van der Waals surface area contributed by atoms with Gasteiger partial charge in [0, 0.05) is 49.9 Å². The Balaban J connectivity index is 1.34. The second-order valence-electron chi connectivity index (χ2n) is 10.7. The molecule has 0 saturated carbocycles. The third kappa shape index (κ3) is 6.42. The summed E-state index contributed by atoms with van der Waals surface area (Å²) < 4.78 is 46.6. The molecule has 1 amide bonds. The molecule has 39 heavy (non-hydrogen) atoms. The second kappa shape index (κ2) is 11.1. The van der Waals surface area contributed by atoms with Crippen LogP contribution in [0.25, 0.3) is 0 Å². The average Bonchev–Trinajstić information content (AvgIpc) is 3.21. The zero-order chi connectivity index (χ0) is 28.4. The number of rotatable bonds is 7. The molecule has 2 fully saturated rings. The van der Waals surface area contributed by atoms with Crippen LogP contribution in [0.5, 0.6) is 0 Å². The standard InChI is InChI=1S/C28H31F3N4O4/c1-27(2,3)35(32-17-20-7-10-22(29)24(31)23(20)30)14-4-13-33-15-11-28(12-16-33)18-34(26(38)39-28)21-8-5-19(6-9-21)25(36)37/h4-10,14,17H,11-13,15-16,18H2,1-3H3,(H,36,37)/b14-4+,32-17+. The molecule has 2 aromatic rings. The van der Waals surface area contributed by atoms with Crippen LogP contribution in [0, 0.1) is 17.5 Å². The number of anilines is 1. The van der Waals surface area contributed by atoms with Gasteiger partial charge in [-0.1, -0.05) is 6.08 Å². The monoisotopic (exact) mass is 544 g/mol. The van der Waals surface area contributed by atoms with Crippen molar-refractivity contribution in [2.45, 2.75) is 44.8 Å². The van der Waals surface area contributed by atoms with E-state index in [1.807, 2.05) is 26.8 Å². The fourth-order valence-electron chi connectivity index (χ4n) is 4.51. The van der Waals surface area contributed by atoms with E-state index in [1.54, 1.807) is 23.3 Å². The largest absolute Gasteiger partial charge is 0.478 e. The van der Waals surface area contributed by atoms with Crippen LogP contribution < -0.4 is 4.90 Å². The van der Waals surface area contributed by atoms with Crippen LogP contribution in [0.1, 0.15) is 49.5 Å². The van der Waals surface area contributed by atoms with Gasteiger partial charge in [-0.3, -0.25) is 14.8 Å². The first-order chi connectivity index (χ1) is 18.4. The zero-order valence-electron chi connectivity index (χ0n) is 22.0. The van der Waals surface area contributed by atoms with E-state index < -0.39 is 40.7 Å². The van der Waals surface area contributed by atoms with E-state index in [4.69, 9.17) is 9.84 Å². The van der Waals surface area contributed by atoms with Gasteiger partial charge in [-0.25, -0.2) is 22.8 Å². The van der Waals surface area contributed by atoms with Crippen LogP contribution in [0.3, 0.4) is 0 Å². The summed E-state index contributed by atoms with van der Waals surface area (Å²) in [6.45, 7) is 8.13. The number of ether oxygens (including phenoxy) is 1. The van der Waals surface area contributed by atoms with Crippen LogP contribution in [0.2, 0.25) is 0 Å². The smallest absolute Gasteiger partial charge is 0.415 e. The summed E-state index contributed by atoms with van der Waals surface area (Å²) in [6.07, 6.45) is 5.69. The Hall–Kier alpha value is -3.86. The third-order valence-corrected chi connectivity index (χ3v) is 6.85. The fraction of sp³-hybridized carbons (Fsp3) is 0.393. The van der Waals surface area contributed by atoms with Crippen molar-refractivity contribution < 1.29 is 32.6 Å². The van der Waals surface area contributed by atoms with Crippen LogP contribution in [-0.4, -0.2) is 70.6 Å². The van der Waals surface area contributed by atoms with E-state index in [9.17, 15) is 22.8 Å². The lowest BCUT2D eigenvalue weighted by molar-refractivity contribution is 0.00350. The Labute approximate surface area is 224 Å². The maximum absolute atomic E-state index is 14.0. The van der Waals surface area contributed by atoms with Gasteiger partial charge in [-0.15, -0.1) is 0 Å². The minimum absolute atomic E-state index is 0.148. The van der Waals surface area contributed by atoms with Gasteiger partial charge in [0.15, 0.2) is 17.5 Å². The van der Waals surface area contributed by atoms with E-state index >= 15 is 0 Å². The van der Waals surface area contributed by atoms with E-state index in [0.717, 1.165) is 18.3 Å². The number of halogens is 3. The molecule has 1 spiro atoms. The predicted molar refractivity (Wildman–Crippen MR) is 140 cm³/mol. The van der Waals surface area contributed by atoms with Crippen LogP contribution in [-0.2, 0) is 4.74 Å². The maximum Gasteiger partial charge on any atom is 0.415 e. The predicted octanol–water partition coefficient (Wildman–Crippen LogP) is 5.24. The average molecular weight is 545 g/mol. The molecule has 0 bridgehead atoms. The molecule has 8 nitrogen and oxygen atoms in total. The van der Waals surface area contributed by atoms with Gasteiger partial charge < -0.3 is 9.84 Å². The molecule has 2 aromatic carbocycles. The molecule has 208 valence electrons. The first-order valence-electron chi connectivity index (χ1n) is 12.6. The second-order valence-corrected chi connectivity index (χ2v) is 10.7. The highest BCUT2D eigenvalue weighted by Gasteiger charge is 2.47. The highest BCUT2D eigenvalue weighted by molar-refractivity contribution is 5.92. The van der Waals surface area contributed by atoms with Gasteiger partial charge in [-0.05, 0) is 57.2 Å². The van der Waals surface area contributed by atoms with Gasteiger partial charge >= 0.3 is 12.1 Å². The summed E-state index contributed by atoms with van der Waals surface area (Å²) >= 11 is 0. The number of piperidine rings is 1. The number of hydrazone groups is 1. The van der Waals surface area contributed by atoms with Crippen LogP contribution in [0.15, 0.2) is 53.8 Å². The first kappa shape index (κ1) is 28.2. The number of amides is 1. The Kier molecular flexibility index (Phi) is 8.01. The zero-order valence-corrected chi connectivity index (χ0v) is 22.0. The van der Waals surface area contributed by atoms with Gasteiger partial charge in [0.2, 0.25) is 0 Å². The number of hydrogen-bond acceptors (Lipinski definition) is 6. The summed E-state index contributed by atoms with van der Waals surface area (Å²) in [6, 6.07) is 8.13. The van der Waals surface area contributed by atoms with Gasteiger partial charge in [0.05, 0.1) is 23.9 Å². The normalized spacial score (nSPS) is 17.9.